The standard InChI is InChI=1S/C18H28N4OS/c19-12-21-8-6-13-7-9-22(17(23)15(13)11-21)18-20-10-16(24-18)14-4-2-1-3-5-14/h13-16,18,20H,1-11H2/t13-,15+,16?,18?/m1/s1. The number of carbonyl (C=O) groups is 1. The monoisotopic (exact) mass is 348 g/mol. The third kappa shape index (κ3) is 3.13. The molecule has 0 spiro atoms. The lowest BCUT2D eigenvalue weighted by Crippen LogP contribution is -2.56. The van der Waals surface area contributed by atoms with Gasteiger partial charge in [-0.3, -0.25) is 10.1 Å². The highest BCUT2D eigenvalue weighted by molar-refractivity contribution is 8.00. The fourth-order valence-electron chi connectivity index (χ4n) is 5.02. The van der Waals surface area contributed by atoms with E-state index >= 15 is 0 Å². The molecule has 0 radical (unpaired) electrons. The van der Waals surface area contributed by atoms with Crippen molar-refractivity contribution in [1.29, 1.82) is 5.26 Å². The van der Waals surface area contributed by atoms with Gasteiger partial charge < -0.3 is 9.80 Å². The van der Waals surface area contributed by atoms with Crippen molar-refractivity contribution in [1.82, 2.24) is 15.1 Å². The number of nitrogens with one attached hydrogen (secondary N) is 1. The van der Waals surface area contributed by atoms with E-state index in [1.165, 1.54) is 32.1 Å². The lowest BCUT2D eigenvalue weighted by molar-refractivity contribution is -0.144. The number of nitrogens with zero attached hydrogens (tertiary/aromatic N) is 3. The van der Waals surface area contributed by atoms with Crippen LogP contribution < -0.4 is 5.32 Å². The summed E-state index contributed by atoms with van der Waals surface area (Å²) in [6.45, 7) is 3.38. The lowest BCUT2D eigenvalue weighted by atomic mass is 9.80. The second kappa shape index (κ2) is 7.13. The molecule has 1 amide bonds. The number of rotatable bonds is 2. The molecule has 6 heteroatoms. The number of amides is 1. The first kappa shape index (κ1) is 16.5. The van der Waals surface area contributed by atoms with Crippen LogP contribution in [0.15, 0.2) is 0 Å². The van der Waals surface area contributed by atoms with Crippen LogP contribution in [0.3, 0.4) is 0 Å². The van der Waals surface area contributed by atoms with E-state index in [0.717, 1.165) is 38.4 Å². The van der Waals surface area contributed by atoms with Gasteiger partial charge in [-0.25, -0.2) is 0 Å². The quantitative estimate of drug-likeness (QED) is 0.775. The van der Waals surface area contributed by atoms with Crippen LogP contribution in [0, 0.1) is 29.2 Å². The summed E-state index contributed by atoms with van der Waals surface area (Å²) in [5.74, 6) is 1.63. The molecule has 0 aromatic heterocycles. The van der Waals surface area contributed by atoms with Gasteiger partial charge in [0.2, 0.25) is 5.91 Å². The van der Waals surface area contributed by atoms with E-state index in [1.54, 1.807) is 4.90 Å². The first-order valence-electron chi connectivity index (χ1n) is 9.60. The summed E-state index contributed by atoms with van der Waals surface area (Å²) in [7, 11) is 0. The van der Waals surface area contributed by atoms with Crippen LogP contribution in [0.4, 0.5) is 0 Å². The van der Waals surface area contributed by atoms with E-state index in [9.17, 15) is 4.79 Å². The summed E-state index contributed by atoms with van der Waals surface area (Å²) in [4.78, 5) is 16.9. The number of hydrogen-bond donors (Lipinski definition) is 1. The minimum Gasteiger partial charge on any atom is -0.318 e. The van der Waals surface area contributed by atoms with Gasteiger partial charge in [0.05, 0.1) is 5.92 Å². The number of carbonyl (C=O) groups excluding carboxylic acids is 1. The van der Waals surface area contributed by atoms with Crippen molar-refractivity contribution in [3.8, 4) is 6.19 Å². The smallest absolute Gasteiger partial charge is 0.229 e. The molecule has 0 aromatic rings. The van der Waals surface area contributed by atoms with Crippen LogP contribution in [0.5, 0.6) is 0 Å². The Morgan fingerprint density at radius 2 is 1.88 bits per heavy atom. The second-order valence-corrected chi connectivity index (χ2v) is 9.18. The molecule has 4 rings (SSSR count). The van der Waals surface area contributed by atoms with E-state index in [2.05, 4.69) is 16.4 Å². The Bertz CT molecular complexity index is 516. The van der Waals surface area contributed by atoms with Gasteiger partial charge in [0.1, 0.15) is 5.50 Å². The molecule has 3 heterocycles. The number of hydrogen-bond acceptors (Lipinski definition) is 5. The fraction of sp³-hybridized carbons (Fsp3) is 0.889. The maximum atomic E-state index is 13.0. The molecule has 24 heavy (non-hydrogen) atoms. The van der Waals surface area contributed by atoms with Crippen LogP contribution in [0.1, 0.15) is 44.9 Å². The van der Waals surface area contributed by atoms with Crippen molar-refractivity contribution in [2.45, 2.75) is 55.7 Å². The van der Waals surface area contributed by atoms with E-state index in [-0.39, 0.29) is 17.3 Å². The highest BCUT2D eigenvalue weighted by Gasteiger charge is 2.44. The molecule has 5 nitrogen and oxygen atoms in total. The summed E-state index contributed by atoms with van der Waals surface area (Å²) in [5, 5.41) is 13.4. The van der Waals surface area contributed by atoms with Gasteiger partial charge in [-0.2, -0.15) is 5.26 Å². The molecule has 0 bridgehead atoms. The average Bonchev–Trinajstić information content (AvgIpc) is 3.12. The van der Waals surface area contributed by atoms with Crippen LogP contribution in [0.2, 0.25) is 0 Å². The van der Waals surface area contributed by atoms with E-state index in [0.29, 0.717) is 17.7 Å². The van der Waals surface area contributed by atoms with E-state index < -0.39 is 0 Å². The molecular formula is C18H28N4OS. The molecule has 132 valence electrons. The van der Waals surface area contributed by atoms with Gasteiger partial charge in [-0.15, -0.1) is 11.8 Å². The summed E-state index contributed by atoms with van der Waals surface area (Å²) in [6, 6.07) is 0. The zero-order chi connectivity index (χ0) is 16.5. The minimum absolute atomic E-state index is 0.0308. The van der Waals surface area contributed by atoms with Crippen molar-refractivity contribution in [3.05, 3.63) is 0 Å². The molecule has 4 atom stereocenters. The van der Waals surface area contributed by atoms with Crippen molar-refractivity contribution in [2.24, 2.45) is 17.8 Å². The van der Waals surface area contributed by atoms with Crippen molar-refractivity contribution >= 4 is 17.7 Å². The number of fused-ring (bicyclic) bond motifs is 1. The van der Waals surface area contributed by atoms with Crippen molar-refractivity contribution < 1.29 is 4.79 Å². The molecule has 2 unspecified atom stereocenters. The zero-order valence-electron chi connectivity index (χ0n) is 14.3. The second-order valence-electron chi connectivity index (χ2n) is 7.85. The van der Waals surface area contributed by atoms with Crippen LogP contribution >= 0.6 is 11.8 Å². The van der Waals surface area contributed by atoms with Crippen molar-refractivity contribution in [2.75, 3.05) is 26.2 Å². The molecule has 1 aliphatic carbocycles. The Kier molecular flexibility index (Phi) is 4.91. The number of piperidine rings is 2. The number of likely N-dealkylation sites (tertiary alicyclic amines) is 2. The van der Waals surface area contributed by atoms with Crippen LogP contribution in [-0.4, -0.2) is 52.6 Å². The SMILES string of the molecule is N#CN1CC[C@@H]2CCN(C3NCC(C4CCCCC4)S3)C(=O)[C@H]2C1. The Labute approximate surface area is 149 Å². The molecule has 0 aromatic carbocycles. The molecule has 3 saturated heterocycles. The van der Waals surface area contributed by atoms with Gasteiger partial charge >= 0.3 is 0 Å². The summed E-state index contributed by atoms with van der Waals surface area (Å²) in [6.07, 6.45) is 11.2. The first-order valence-corrected chi connectivity index (χ1v) is 10.5. The maximum Gasteiger partial charge on any atom is 0.229 e. The normalized spacial score (nSPS) is 38.0. The minimum atomic E-state index is 0.0308. The molecule has 4 aliphatic rings. The predicted octanol–water partition coefficient (Wildman–Crippen LogP) is 2.21. The Morgan fingerprint density at radius 3 is 2.67 bits per heavy atom. The Hall–Kier alpha value is -0.930. The third-order valence-corrected chi connectivity index (χ3v) is 8.07. The molecule has 1 N–H and O–H groups in total. The zero-order valence-corrected chi connectivity index (χ0v) is 15.1. The maximum absolute atomic E-state index is 13.0. The summed E-state index contributed by atoms with van der Waals surface area (Å²) < 4.78 is 0. The molecule has 4 fully saturated rings. The van der Waals surface area contributed by atoms with Crippen LogP contribution in [-0.2, 0) is 4.79 Å². The highest BCUT2D eigenvalue weighted by Crippen LogP contribution is 2.40. The average molecular weight is 349 g/mol. The summed E-state index contributed by atoms with van der Waals surface area (Å²) >= 11 is 1.99. The fourth-order valence-corrected chi connectivity index (χ4v) is 6.59. The van der Waals surface area contributed by atoms with Crippen molar-refractivity contribution in [3.63, 3.8) is 0 Å². The first-order chi connectivity index (χ1) is 11.8. The van der Waals surface area contributed by atoms with Gasteiger partial charge in [0.15, 0.2) is 6.19 Å². The third-order valence-electron chi connectivity index (χ3n) is 6.49. The number of thioether (sulfide) groups is 1. The predicted molar refractivity (Wildman–Crippen MR) is 94.9 cm³/mol. The van der Waals surface area contributed by atoms with E-state index in [1.807, 2.05) is 11.8 Å². The largest absolute Gasteiger partial charge is 0.318 e. The van der Waals surface area contributed by atoms with Gasteiger partial charge in [-0.05, 0) is 37.5 Å². The highest BCUT2D eigenvalue weighted by atomic mass is 32.2. The van der Waals surface area contributed by atoms with Gasteiger partial charge in [0.25, 0.3) is 0 Å². The molecular weight excluding hydrogens is 320 g/mol. The molecule has 1 saturated carbocycles. The summed E-state index contributed by atoms with van der Waals surface area (Å²) in [5.41, 5.74) is 0.155. The Morgan fingerprint density at radius 1 is 1.08 bits per heavy atom. The van der Waals surface area contributed by atoms with E-state index in [4.69, 9.17) is 5.26 Å². The Balaban J connectivity index is 1.38. The van der Waals surface area contributed by atoms with Gasteiger partial charge in [0, 0.05) is 31.4 Å². The number of nitriles is 1. The lowest BCUT2D eigenvalue weighted by Gasteiger charge is -2.44. The van der Waals surface area contributed by atoms with Crippen LogP contribution in [0.25, 0.3) is 0 Å². The van der Waals surface area contributed by atoms with Gasteiger partial charge in [-0.1, -0.05) is 19.3 Å². The molecule has 3 aliphatic heterocycles. The topological polar surface area (TPSA) is 59.4 Å².